The summed E-state index contributed by atoms with van der Waals surface area (Å²) in [5, 5.41) is 7.26. The quantitative estimate of drug-likeness (QED) is 0.914. The Hall–Kier alpha value is -2.15. The van der Waals surface area contributed by atoms with E-state index in [0.29, 0.717) is 23.8 Å². The molecule has 1 N–H and O–H groups in total. The Labute approximate surface area is 142 Å². The molecule has 0 bridgehead atoms. The van der Waals surface area contributed by atoms with E-state index in [1.165, 1.54) is 12.3 Å². The van der Waals surface area contributed by atoms with Crippen LogP contribution < -0.4 is 10.1 Å². The Morgan fingerprint density at radius 1 is 1.46 bits per heavy atom. The first-order valence-corrected chi connectivity index (χ1v) is 7.96. The Morgan fingerprint density at radius 2 is 2.29 bits per heavy atom. The molecule has 0 aliphatic carbocycles. The molecule has 2 heterocycles. The molecule has 1 amide bonds. The van der Waals surface area contributed by atoms with Crippen LogP contribution in [-0.4, -0.2) is 28.7 Å². The zero-order valence-electron chi connectivity index (χ0n) is 12.7. The summed E-state index contributed by atoms with van der Waals surface area (Å²) < 4.78 is 31.4. The Bertz CT molecular complexity index is 736. The van der Waals surface area contributed by atoms with Gasteiger partial charge in [-0.25, -0.2) is 8.78 Å². The molecule has 0 fully saturated rings. The van der Waals surface area contributed by atoms with Crippen LogP contribution >= 0.6 is 11.6 Å². The molecule has 128 valence electrons. The molecule has 5 nitrogen and oxygen atoms in total. The van der Waals surface area contributed by atoms with Gasteiger partial charge in [-0.05, 0) is 25.0 Å². The topological polar surface area (TPSA) is 56.1 Å². The second kappa shape index (κ2) is 7.17. The van der Waals surface area contributed by atoms with Crippen LogP contribution in [0.4, 0.5) is 8.78 Å². The van der Waals surface area contributed by atoms with Crippen molar-refractivity contribution in [2.75, 3.05) is 6.61 Å². The fourth-order valence-corrected chi connectivity index (χ4v) is 2.91. The number of hydrogen-bond acceptors (Lipinski definition) is 3. The molecule has 24 heavy (non-hydrogen) atoms. The van der Waals surface area contributed by atoms with Crippen molar-refractivity contribution in [1.29, 1.82) is 0 Å². The fraction of sp³-hybridized carbons (Fsp3) is 0.375. The van der Waals surface area contributed by atoms with Crippen LogP contribution in [0.5, 0.6) is 5.75 Å². The summed E-state index contributed by atoms with van der Waals surface area (Å²) in [6.07, 6.45) is 0.295. The van der Waals surface area contributed by atoms with Gasteiger partial charge in [-0.1, -0.05) is 23.7 Å². The second-order valence-corrected chi connectivity index (χ2v) is 5.90. The van der Waals surface area contributed by atoms with Crippen molar-refractivity contribution in [2.24, 2.45) is 0 Å². The van der Waals surface area contributed by atoms with Gasteiger partial charge in [-0.15, -0.1) is 0 Å². The Balaban J connectivity index is 1.77. The minimum atomic E-state index is -2.52. The summed E-state index contributed by atoms with van der Waals surface area (Å²) in [5.41, 5.74) is 0.907. The molecule has 0 saturated heterocycles. The van der Waals surface area contributed by atoms with E-state index in [1.807, 2.05) is 6.07 Å². The van der Waals surface area contributed by atoms with E-state index in [0.717, 1.165) is 16.7 Å². The molecular formula is C16H16ClF2N3O2. The van der Waals surface area contributed by atoms with E-state index >= 15 is 0 Å². The zero-order valence-corrected chi connectivity index (χ0v) is 13.5. The number of aromatic nitrogens is 2. The summed E-state index contributed by atoms with van der Waals surface area (Å²) >= 11 is 6.16. The number of amides is 1. The number of halogens is 3. The number of hydrogen-bond donors (Lipinski definition) is 1. The van der Waals surface area contributed by atoms with E-state index in [2.05, 4.69) is 10.4 Å². The van der Waals surface area contributed by atoms with Crippen LogP contribution in [0.15, 0.2) is 30.5 Å². The molecule has 1 aliphatic heterocycles. The molecule has 0 spiro atoms. The molecule has 8 heteroatoms. The van der Waals surface area contributed by atoms with Crippen molar-refractivity contribution in [3.8, 4) is 5.75 Å². The number of carbonyl (C=O) groups is 1. The maximum atomic E-state index is 12.4. The summed E-state index contributed by atoms with van der Waals surface area (Å²) in [7, 11) is 0. The summed E-state index contributed by atoms with van der Waals surface area (Å²) in [4.78, 5) is 12.4. The van der Waals surface area contributed by atoms with E-state index in [9.17, 15) is 13.6 Å². The fourth-order valence-electron chi connectivity index (χ4n) is 2.68. The SMILES string of the molecule is O=C(N[C@H]1CCCOc2c(Cl)cccc21)c1ccn(CC(F)F)n1. The normalized spacial score (nSPS) is 17.1. The first-order chi connectivity index (χ1) is 11.5. The number of fused-ring (bicyclic) bond motifs is 1. The molecule has 0 unspecified atom stereocenters. The number of alkyl halides is 2. The molecule has 0 radical (unpaired) electrons. The van der Waals surface area contributed by atoms with Crippen molar-refractivity contribution in [3.05, 3.63) is 46.7 Å². The third-order valence-corrected chi connectivity index (χ3v) is 4.06. The van der Waals surface area contributed by atoms with E-state index in [1.54, 1.807) is 12.1 Å². The standard InChI is InChI=1S/C16H16ClF2N3O2/c17-11-4-1-3-10-12(5-2-8-24-15(10)11)20-16(23)13-6-7-22(21-13)9-14(18)19/h1,3-4,6-7,12,14H,2,5,8-9H2,(H,20,23)/t12-/m0/s1. The number of carbonyl (C=O) groups excluding carboxylic acids is 1. The number of benzene rings is 1. The average Bonchev–Trinajstić information content (AvgIpc) is 2.89. The van der Waals surface area contributed by atoms with Crippen LogP contribution in [0.3, 0.4) is 0 Å². The van der Waals surface area contributed by atoms with Gasteiger partial charge in [-0.2, -0.15) is 5.10 Å². The van der Waals surface area contributed by atoms with E-state index < -0.39 is 18.9 Å². The zero-order chi connectivity index (χ0) is 17.1. The minimum Gasteiger partial charge on any atom is -0.492 e. The van der Waals surface area contributed by atoms with Crippen molar-refractivity contribution < 1.29 is 18.3 Å². The number of nitrogens with one attached hydrogen (secondary N) is 1. The third-order valence-electron chi connectivity index (χ3n) is 3.76. The van der Waals surface area contributed by atoms with Crippen LogP contribution in [-0.2, 0) is 6.54 Å². The highest BCUT2D eigenvalue weighted by atomic mass is 35.5. The number of ether oxygens (including phenoxy) is 1. The first-order valence-electron chi connectivity index (χ1n) is 7.58. The van der Waals surface area contributed by atoms with Gasteiger partial charge in [0.1, 0.15) is 18.0 Å². The summed E-state index contributed by atoms with van der Waals surface area (Å²) in [6.45, 7) is -0.0187. The highest BCUT2D eigenvalue weighted by Gasteiger charge is 2.24. The first kappa shape index (κ1) is 16.7. The molecule has 1 atom stereocenters. The highest BCUT2D eigenvalue weighted by molar-refractivity contribution is 6.32. The van der Waals surface area contributed by atoms with Gasteiger partial charge in [0.2, 0.25) is 0 Å². The Kier molecular flexibility index (Phi) is 4.99. The number of para-hydroxylation sites is 1. The predicted octanol–water partition coefficient (Wildman–Crippen LogP) is 3.45. The van der Waals surface area contributed by atoms with Crippen LogP contribution in [0.25, 0.3) is 0 Å². The predicted molar refractivity (Wildman–Crippen MR) is 84.6 cm³/mol. The average molecular weight is 356 g/mol. The van der Waals surface area contributed by atoms with Gasteiger partial charge < -0.3 is 10.1 Å². The van der Waals surface area contributed by atoms with Crippen LogP contribution in [0.2, 0.25) is 5.02 Å². The largest absolute Gasteiger partial charge is 0.492 e. The highest BCUT2D eigenvalue weighted by Crippen LogP contribution is 2.36. The molecule has 0 saturated carbocycles. The second-order valence-electron chi connectivity index (χ2n) is 5.49. The third kappa shape index (κ3) is 3.67. The minimum absolute atomic E-state index is 0.101. The lowest BCUT2D eigenvalue weighted by molar-refractivity contribution is 0.0924. The van der Waals surface area contributed by atoms with Gasteiger partial charge in [0, 0.05) is 11.8 Å². The van der Waals surface area contributed by atoms with Crippen LogP contribution in [0, 0.1) is 0 Å². The smallest absolute Gasteiger partial charge is 0.272 e. The number of nitrogens with zero attached hydrogens (tertiary/aromatic N) is 2. The molecule has 3 rings (SSSR count). The van der Waals surface area contributed by atoms with Crippen molar-refractivity contribution in [3.63, 3.8) is 0 Å². The Morgan fingerprint density at radius 3 is 3.08 bits per heavy atom. The van der Waals surface area contributed by atoms with Gasteiger partial charge in [0.05, 0.1) is 17.7 Å². The molecule has 1 aromatic carbocycles. The van der Waals surface area contributed by atoms with Crippen molar-refractivity contribution >= 4 is 17.5 Å². The summed E-state index contributed by atoms with van der Waals surface area (Å²) in [6, 6.07) is 6.54. The maximum Gasteiger partial charge on any atom is 0.272 e. The van der Waals surface area contributed by atoms with Gasteiger partial charge in [0.15, 0.2) is 0 Å². The molecular weight excluding hydrogens is 340 g/mol. The van der Waals surface area contributed by atoms with E-state index in [4.69, 9.17) is 16.3 Å². The molecule has 1 aliphatic rings. The lowest BCUT2D eigenvalue weighted by Gasteiger charge is -2.18. The molecule has 2 aromatic rings. The lowest BCUT2D eigenvalue weighted by atomic mass is 10.0. The van der Waals surface area contributed by atoms with Gasteiger partial charge in [0.25, 0.3) is 12.3 Å². The maximum absolute atomic E-state index is 12.4. The van der Waals surface area contributed by atoms with E-state index in [-0.39, 0.29) is 11.7 Å². The molecule has 1 aromatic heterocycles. The number of rotatable bonds is 4. The summed E-state index contributed by atoms with van der Waals surface area (Å²) in [5.74, 6) is 0.158. The van der Waals surface area contributed by atoms with Crippen LogP contribution in [0.1, 0.15) is 34.9 Å². The van der Waals surface area contributed by atoms with Crippen molar-refractivity contribution in [2.45, 2.75) is 31.9 Å². The lowest BCUT2D eigenvalue weighted by Crippen LogP contribution is -2.29. The monoisotopic (exact) mass is 355 g/mol. The van der Waals surface area contributed by atoms with Gasteiger partial charge in [-0.3, -0.25) is 9.48 Å². The van der Waals surface area contributed by atoms with Gasteiger partial charge >= 0.3 is 0 Å². The van der Waals surface area contributed by atoms with Crippen molar-refractivity contribution in [1.82, 2.24) is 15.1 Å².